The van der Waals surface area contributed by atoms with Crippen molar-refractivity contribution in [1.29, 1.82) is 0 Å². The SMILES string of the molecule is c1ccc(-n2c3ccccc3c3cc(-c4nc(-c5cc(-n6c7cc(-n8c9ccccc9c9ccc%10ccccc%10c98)ccc7c7cc8ccccc8cc76)c6ccccc6c5)c5ccccc5n4)ccc32)cc1. The molecule has 0 unspecified atom stereocenters. The van der Waals surface area contributed by atoms with E-state index in [1.54, 1.807) is 0 Å². The van der Waals surface area contributed by atoms with Crippen molar-refractivity contribution in [2.45, 2.75) is 0 Å². The smallest absolute Gasteiger partial charge is 0.160 e. The monoisotopic (exact) mass is 927 g/mol. The number of nitrogens with zero attached hydrogens (tertiary/aromatic N) is 5. The van der Waals surface area contributed by atoms with Gasteiger partial charge in [0.05, 0.1) is 50.0 Å². The van der Waals surface area contributed by atoms with Gasteiger partial charge in [0.25, 0.3) is 0 Å². The predicted molar refractivity (Wildman–Crippen MR) is 306 cm³/mol. The van der Waals surface area contributed by atoms with Crippen LogP contribution < -0.4 is 0 Å². The summed E-state index contributed by atoms with van der Waals surface area (Å²) < 4.78 is 7.34. The van der Waals surface area contributed by atoms with Gasteiger partial charge in [0.1, 0.15) is 0 Å². The minimum Gasteiger partial charge on any atom is -0.309 e. The maximum atomic E-state index is 5.59. The van der Waals surface area contributed by atoms with Crippen LogP contribution in [-0.2, 0) is 0 Å². The van der Waals surface area contributed by atoms with Gasteiger partial charge in [-0.15, -0.1) is 0 Å². The molecule has 12 aromatic carbocycles. The molecule has 0 N–H and O–H groups in total. The summed E-state index contributed by atoms with van der Waals surface area (Å²) in [6.07, 6.45) is 0. The molecule has 0 spiro atoms. The van der Waals surface area contributed by atoms with Crippen molar-refractivity contribution < 1.29 is 0 Å². The Balaban J connectivity index is 0.961. The van der Waals surface area contributed by atoms with E-state index < -0.39 is 0 Å². The van der Waals surface area contributed by atoms with E-state index in [0.29, 0.717) is 5.82 Å². The summed E-state index contributed by atoms with van der Waals surface area (Å²) in [5.41, 5.74) is 14.1. The van der Waals surface area contributed by atoms with Crippen LogP contribution in [0, 0.1) is 0 Å². The number of benzene rings is 12. The van der Waals surface area contributed by atoms with E-state index in [9.17, 15) is 0 Å². The van der Waals surface area contributed by atoms with Gasteiger partial charge in [-0.3, -0.25) is 0 Å². The topological polar surface area (TPSA) is 40.6 Å². The van der Waals surface area contributed by atoms with Crippen molar-refractivity contribution in [3.63, 3.8) is 0 Å². The minimum atomic E-state index is 0.688. The molecule has 338 valence electrons. The van der Waals surface area contributed by atoms with Crippen molar-refractivity contribution in [3.05, 3.63) is 249 Å². The molecular formula is C68H41N5. The summed E-state index contributed by atoms with van der Waals surface area (Å²) in [6.45, 7) is 0. The Morgan fingerprint density at radius 1 is 0.260 bits per heavy atom. The molecule has 4 aromatic heterocycles. The van der Waals surface area contributed by atoms with Crippen LogP contribution in [0.15, 0.2) is 249 Å². The first-order chi connectivity index (χ1) is 36.2. The predicted octanol–water partition coefficient (Wildman–Crippen LogP) is 17.7. The Morgan fingerprint density at radius 3 is 1.67 bits per heavy atom. The Labute approximate surface area is 418 Å². The first-order valence-corrected chi connectivity index (χ1v) is 25.0. The molecular weight excluding hydrogens is 887 g/mol. The number of hydrogen-bond donors (Lipinski definition) is 0. The Hall–Kier alpha value is -9.84. The summed E-state index contributed by atoms with van der Waals surface area (Å²) in [5.74, 6) is 0.688. The molecule has 0 aliphatic carbocycles. The number of fused-ring (bicyclic) bond motifs is 14. The van der Waals surface area contributed by atoms with Gasteiger partial charge >= 0.3 is 0 Å². The van der Waals surface area contributed by atoms with Crippen LogP contribution in [0.2, 0.25) is 0 Å². The third kappa shape index (κ3) is 5.91. The third-order valence-corrected chi connectivity index (χ3v) is 15.3. The van der Waals surface area contributed by atoms with Crippen molar-refractivity contribution in [1.82, 2.24) is 23.7 Å². The van der Waals surface area contributed by atoms with Crippen LogP contribution in [0.25, 0.3) is 148 Å². The maximum Gasteiger partial charge on any atom is 0.160 e. The summed E-state index contributed by atoms with van der Waals surface area (Å²) in [6, 6.07) is 90.6. The van der Waals surface area contributed by atoms with Gasteiger partial charge in [0.15, 0.2) is 5.82 Å². The molecule has 0 aliphatic heterocycles. The molecule has 16 aromatic rings. The van der Waals surface area contributed by atoms with Crippen LogP contribution in [0.5, 0.6) is 0 Å². The summed E-state index contributed by atoms with van der Waals surface area (Å²) in [5, 5.41) is 15.4. The van der Waals surface area contributed by atoms with E-state index in [1.165, 1.54) is 65.0 Å². The van der Waals surface area contributed by atoms with Crippen LogP contribution in [0.4, 0.5) is 0 Å². The third-order valence-electron chi connectivity index (χ3n) is 15.3. The van der Waals surface area contributed by atoms with Crippen molar-refractivity contribution >= 4 is 109 Å². The van der Waals surface area contributed by atoms with Gasteiger partial charge in [-0.2, -0.15) is 0 Å². The van der Waals surface area contributed by atoms with Gasteiger partial charge in [-0.1, -0.05) is 164 Å². The first kappa shape index (κ1) is 39.9. The van der Waals surface area contributed by atoms with Gasteiger partial charge in [-0.05, 0) is 106 Å². The molecule has 0 bridgehead atoms. The zero-order chi connectivity index (χ0) is 47.7. The summed E-state index contributed by atoms with van der Waals surface area (Å²) in [4.78, 5) is 10.9. The quantitative estimate of drug-likeness (QED) is 0.173. The normalized spacial score (nSPS) is 12.1. The lowest BCUT2D eigenvalue weighted by Crippen LogP contribution is -2.00. The van der Waals surface area contributed by atoms with E-state index >= 15 is 0 Å². The second-order valence-corrected chi connectivity index (χ2v) is 19.3. The molecule has 73 heavy (non-hydrogen) atoms. The Bertz CT molecular complexity index is 4980. The van der Waals surface area contributed by atoms with Crippen LogP contribution >= 0.6 is 0 Å². The fraction of sp³-hybridized carbons (Fsp3) is 0. The standard InChI is InChI=1S/C68H41N5/c1-2-20-48(21-3-1)71-60-28-14-12-25-53(60)57-38-46(31-35-62(57)71)68-69-59-27-13-10-26-56(59)66(70-68)47-36-45-19-7-8-22-50(45)63(40-47)73-64-39-44-18-5-4-17-43(44)37-58(64)54-34-32-49(41-65(54)73)72-61-29-15-11-24-52(61)55-33-30-42-16-6-9-23-51(42)67(55)72/h1-41H. The molecule has 0 saturated heterocycles. The molecule has 16 rings (SSSR count). The van der Waals surface area contributed by atoms with E-state index in [2.05, 4.69) is 262 Å². The van der Waals surface area contributed by atoms with E-state index in [4.69, 9.17) is 9.97 Å². The fourth-order valence-corrected chi connectivity index (χ4v) is 12.1. The van der Waals surface area contributed by atoms with Crippen LogP contribution in [0.3, 0.4) is 0 Å². The van der Waals surface area contributed by atoms with E-state index in [0.717, 1.165) is 77.5 Å². The molecule has 0 aliphatic rings. The van der Waals surface area contributed by atoms with Gasteiger partial charge in [0, 0.05) is 71.0 Å². The minimum absolute atomic E-state index is 0.688. The van der Waals surface area contributed by atoms with Gasteiger partial charge < -0.3 is 13.7 Å². The molecule has 0 saturated carbocycles. The lowest BCUT2D eigenvalue weighted by atomic mass is 9.99. The van der Waals surface area contributed by atoms with E-state index in [1.807, 2.05) is 0 Å². The lowest BCUT2D eigenvalue weighted by Gasteiger charge is -2.16. The van der Waals surface area contributed by atoms with Crippen molar-refractivity contribution in [3.8, 4) is 39.7 Å². The summed E-state index contributed by atoms with van der Waals surface area (Å²) >= 11 is 0. The number of rotatable bonds is 5. The molecule has 0 atom stereocenters. The maximum absolute atomic E-state index is 5.59. The average molecular weight is 928 g/mol. The highest BCUT2D eigenvalue weighted by atomic mass is 15.0. The Morgan fingerprint density at radius 2 is 0.849 bits per heavy atom. The molecule has 0 fully saturated rings. The zero-order valence-electron chi connectivity index (χ0n) is 39.4. The molecule has 0 radical (unpaired) electrons. The van der Waals surface area contributed by atoms with Gasteiger partial charge in [-0.25, -0.2) is 9.97 Å². The average Bonchev–Trinajstić information content (AvgIpc) is 4.09. The van der Waals surface area contributed by atoms with Crippen LogP contribution in [-0.4, -0.2) is 23.7 Å². The highest BCUT2D eigenvalue weighted by molar-refractivity contribution is 6.20. The molecule has 0 amide bonds. The number of hydrogen-bond acceptors (Lipinski definition) is 2. The lowest BCUT2D eigenvalue weighted by molar-refractivity contribution is 1.16. The highest BCUT2D eigenvalue weighted by Gasteiger charge is 2.22. The van der Waals surface area contributed by atoms with Crippen LogP contribution in [0.1, 0.15) is 0 Å². The molecule has 4 heterocycles. The molecule has 5 nitrogen and oxygen atoms in total. The van der Waals surface area contributed by atoms with Crippen molar-refractivity contribution in [2.75, 3.05) is 0 Å². The highest BCUT2D eigenvalue weighted by Crippen LogP contribution is 2.43. The fourth-order valence-electron chi connectivity index (χ4n) is 12.1. The number of aromatic nitrogens is 5. The molecule has 5 heteroatoms. The second kappa shape index (κ2) is 15.3. The van der Waals surface area contributed by atoms with Crippen molar-refractivity contribution in [2.24, 2.45) is 0 Å². The zero-order valence-corrected chi connectivity index (χ0v) is 39.4. The number of para-hydroxylation sites is 4. The van der Waals surface area contributed by atoms with E-state index in [-0.39, 0.29) is 0 Å². The summed E-state index contributed by atoms with van der Waals surface area (Å²) in [7, 11) is 0. The van der Waals surface area contributed by atoms with Gasteiger partial charge in [0.2, 0.25) is 0 Å². The largest absolute Gasteiger partial charge is 0.309 e. The first-order valence-electron chi connectivity index (χ1n) is 25.0. The Kier molecular flexibility index (Phi) is 8.39. The second-order valence-electron chi connectivity index (χ2n) is 19.3.